The summed E-state index contributed by atoms with van der Waals surface area (Å²) in [7, 11) is 2.42. The van der Waals surface area contributed by atoms with Crippen molar-refractivity contribution in [1.82, 2.24) is 0 Å². The lowest BCUT2D eigenvalue weighted by Crippen LogP contribution is -2.46. The van der Waals surface area contributed by atoms with E-state index in [0.717, 1.165) is 24.7 Å². The van der Waals surface area contributed by atoms with E-state index in [-0.39, 0.29) is 0 Å². The minimum absolute atomic E-state index is 0.310. The van der Waals surface area contributed by atoms with Crippen molar-refractivity contribution in [1.29, 1.82) is 0 Å². The van der Waals surface area contributed by atoms with Crippen LogP contribution in [0.5, 0.6) is 0 Å². The number of allylic oxidation sites excluding steroid dienone is 4. The van der Waals surface area contributed by atoms with Crippen LogP contribution in [0.15, 0.2) is 23.8 Å². The summed E-state index contributed by atoms with van der Waals surface area (Å²) in [5.74, 6) is 2.72. The third kappa shape index (κ3) is 2.19. The summed E-state index contributed by atoms with van der Waals surface area (Å²) in [5.41, 5.74) is 2.33. The van der Waals surface area contributed by atoms with E-state index in [0.29, 0.717) is 22.5 Å². The fourth-order valence-corrected chi connectivity index (χ4v) is 5.84. The first kappa shape index (κ1) is 15.5. The fourth-order valence-electron chi connectivity index (χ4n) is 5.84. The molecule has 1 nitrogen and oxygen atoms in total. The monoisotopic (exact) mass is 304 g/mol. The molecule has 0 N–H and O–H groups in total. The van der Waals surface area contributed by atoms with Gasteiger partial charge in [-0.3, -0.25) is 4.79 Å². The number of hydrogen-bond acceptors (Lipinski definition) is 1. The Kier molecular flexibility index (Phi) is 3.93. The van der Waals surface area contributed by atoms with Gasteiger partial charge in [0.05, 0.1) is 0 Å². The molecule has 0 aliphatic heterocycles. The van der Waals surface area contributed by atoms with Crippen LogP contribution in [0.1, 0.15) is 52.4 Å². The topological polar surface area (TPSA) is 17.1 Å². The molecule has 4 rings (SSSR count). The van der Waals surface area contributed by atoms with E-state index in [1.54, 1.807) is 5.57 Å². The van der Waals surface area contributed by atoms with E-state index in [4.69, 9.17) is 0 Å². The van der Waals surface area contributed by atoms with Crippen molar-refractivity contribution >= 4 is 15.0 Å². The Bertz CT molecular complexity index is 506. The number of rotatable bonds is 0. The standard InChI is InChI=1S/C18H24O.CH5P/c1-17-8-3-4-15(17)14-6-5-12-10-13(19)11-18(12,2)16(14)7-9-17;1-2/h3-4,8,12,14,16H,5-7,9-11H2,1-2H3;2H2,1H3. The Balaban J connectivity index is 0.000000636. The lowest BCUT2D eigenvalue weighted by molar-refractivity contribution is -0.118. The normalized spacial score (nSPS) is 47.0. The Morgan fingerprint density at radius 3 is 2.71 bits per heavy atom. The van der Waals surface area contributed by atoms with Gasteiger partial charge < -0.3 is 0 Å². The smallest absolute Gasteiger partial charge is 0.133 e. The van der Waals surface area contributed by atoms with Gasteiger partial charge in [0.15, 0.2) is 0 Å². The lowest BCUT2D eigenvalue weighted by atomic mass is 9.50. The number of Topliss-reactive ketones (excluding diaryl/α,β-unsaturated/α-hetero) is 1. The van der Waals surface area contributed by atoms with Crippen molar-refractivity contribution in [3.63, 3.8) is 0 Å². The second kappa shape index (κ2) is 5.34. The maximum Gasteiger partial charge on any atom is 0.133 e. The Morgan fingerprint density at radius 1 is 1.19 bits per heavy atom. The van der Waals surface area contributed by atoms with Gasteiger partial charge >= 0.3 is 0 Å². The highest BCUT2D eigenvalue weighted by molar-refractivity contribution is 7.15. The molecule has 0 aromatic rings. The fraction of sp³-hybridized carbons (Fsp3) is 0.737. The van der Waals surface area contributed by atoms with E-state index < -0.39 is 0 Å². The third-order valence-corrected chi connectivity index (χ3v) is 6.92. The lowest BCUT2D eigenvalue weighted by Gasteiger charge is -2.54. The van der Waals surface area contributed by atoms with Crippen molar-refractivity contribution in [3.05, 3.63) is 23.8 Å². The minimum Gasteiger partial charge on any atom is -0.300 e. The first-order chi connectivity index (χ1) is 10.0. The molecule has 3 fully saturated rings. The van der Waals surface area contributed by atoms with Crippen LogP contribution in [0.25, 0.3) is 0 Å². The molecule has 2 heteroatoms. The zero-order chi connectivity index (χ0) is 15.3. The highest BCUT2D eigenvalue weighted by atomic mass is 31.0. The summed E-state index contributed by atoms with van der Waals surface area (Å²) in [6.07, 6.45) is 14.0. The van der Waals surface area contributed by atoms with E-state index in [1.165, 1.54) is 25.7 Å². The van der Waals surface area contributed by atoms with Crippen molar-refractivity contribution in [2.75, 3.05) is 6.66 Å². The summed E-state index contributed by atoms with van der Waals surface area (Å²) >= 11 is 0. The quantitative estimate of drug-likeness (QED) is 0.588. The molecule has 4 aliphatic rings. The van der Waals surface area contributed by atoms with Gasteiger partial charge in [0, 0.05) is 18.3 Å². The van der Waals surface area contributed by atoms with Gasteiger partial charge in [-0.1, -0.05) is 44.3 Å². The Labute approximate surface area is 131 Å². The van der Waals surface area contributed by atoms with E-state index >= 15 is 0 Å². The van der Waals surface area contributed by atoms with Gasteiger partial charge in [-0.05, 0) is 48.9 Å². The van der Waals surface area contributed by atoms with Crippen molar-refractivity contribution < 1.29 is 4.79 Å². The van der Waals surface area contributed by atoms with Crippen LogP contribution in [0.4, 0.5) is 0 Å². The molecule has 0 aromatic carbocycles. The number of carbonyl (C=O) groups is 1. The molecule has 6 unspecified atom stereocenters. The second-order valence-electron chi connectivity index (χ2n) is 7.85. The predicted octanol–water partition coefficient (Wildman–Crippen LogP) is 4.79. The van der Waals surface area contributed by atoms with Crippen LogP contribution in [0.2, 0.25) is 0 Å². The molecule has 0 bridgehead atoms. The third-order valence-electron chi connectivity index (χ3n) is 6.92. The molecular weight excluding hydrogens is 275 g/mol. The van der Waals surface area contributed by atoms with Crippen molar-refractivity contribution in [2.24, 2.45) is 28.6 Å². The van der Waals surface area contributed by atoms with Crippen LogP contribution in [-0.4, -0.2) is 12.4 Å². The van der Waals surface area contributed by atoms with Crippen LogP contribution in [0, 0.1) is 28.6 Å². The van der Waals surface area contributed by atoms with Gasteiger partial charge in [0.1, 0.15) is 5.78 Å². The van der Waals surface area contributed by atoms with Crippen LogP contribution < -0.4 is 0 Å². The number of fused-ring (bicyclic) bond motifs is 5. The minimum atomic E-state index is 0.310. The Hall–Kier alpha value is -0.420. The Morgan fingerprint density at radius 2 is 1.95 bits per heavy atom. The number of ketones is 1. The molecule has 116 valence electrons. The molecule has 4 aliphatic carbocycles. The summed E-state index contributed by atoms with van der Waals surface area (Å²) in [5, 5.41) is 0. The average molecular weight is 304 g/mol. The average Bonchev–Trinajstić information content (AvgIpc) is 2.99. The van der Waals surface area contributed by atoms with Crippen molar-refractivity contribution in [2.45, 2.75) is 52.4 Å². The first-order valence-corrected chi connectivity index (χ1v) is 9.68. The maximum absolute atomic E-state index is 12.0. The largest absolute Gasteiger partial charge is 0.300 e. The number of carbonyl (C=O) groups excluding carboxylic acids is 1. The molecule has 21 heavy (non-hydrogen) atoms. The predicted molar refractivity (Wildman–Crippen MR) is 92.3 cm³/mol. The number of hydrogen-bond donors (Lipinski definition) is 0. The summed E-state index contributed by atoms with van der Waals surface area (Å²) in [4.78, 5) is 12.0. The maximum atomic E-state index is 12.0. The summed E-state index contributed by atoms with van der Waals surface area (Å²) in [6, 6.07) is 0. The van der Waals surface area contributed by atoms with E-state index in [9.17, 15) is 4.79 Å². The van der Waals surface area contributed by atoms with Gasteiger partial charge in [0.25, 0.3) is 0 Å². The van der Waals surface area contributed by atoms with Gasteiger partial charge in [-0.25, -0.2) is 0 Å². The molecule has 3 saturated carbocycles. The second-order valence-corrected chi connectivity index (χ2v) is 7.85. The molecule has 0 aromatic heterocycles. The molecule has 0 spiro atoms. The highest BCUT2D eigenvalue weighted by Crippen LogP contribution is 2.64. The van der Waals surface area contributed by atoms with Gasteiger partial charge in [-0.2, -0.15) is 0 Å². The molecule has 0 heterocycles. The van der Waals surface area contributed by atoms with Gasteiger partial charge in [-0.15, -0.1) is 9.24 Å². The zero-order valence-electron chi connectivity index (χ0n) is 13.7. The van der Waals surface area contributed by atoms with E-state index in [2.05, 4.69) is 41.3 Å². The zero-order valence-corrected chi connectivity index (χ0v) is 14.8. The van der Waals surface area contributed by atoms with Crippen LogP contribution in [-0.2, 0) is 4.79 Å². The SMILES string of the molecule is CC12C=CC=C1C1CCC3CC(=O)CC3(C)C1CC2.CP. The van der Waals surface area contributed by atoms with Gasteiger partial charge in [0.2, 0.25) is 0 Å². The molecule has 0 amide bonds. The molecule has 0 saturated heterocycles. The summed E-state index contributed by atoms with van der Waals surface area (Å²) < 4.78 is 0. The van der Waals surface area contributed by atoms with Crippen LogP contribution in [0.3, 0.4) is 0 Å². The van der Waals surface area contributed by atoms with E-state index in [1.807, 2.05) is 6.66 Å². The highest BCUT2D eigenvalue weighted by Gasteiger charge is 2.56. The molecule has 0 radical (unpaired) electrons. The first-order valence-electron chi connectivity index (χ1n) is 8.52. The van der Waals surface area contributed by atoms with Crippen LogP contribution >= 0.6 is 9.24 Å². The summed E-state index contributed by atoms with van der Waals surface area (Å²) in [6.45, 7) is 6.75. The van der Waals surface area contributed by atoms with Crippen molar-refractivity contribution in [3.8, 4) is 0 Å². The molecular formula is C19H29OP. The molecule has 6 atom stereocenters.